The Kier molecular flexibility index (Phi) is 4.43. The molecule has 1 aromatic carbocycles. The van der Waals surface area contributed by atoms with Crippen LogP contribution in [-0.4, -0.2) is 34.9 Å². The van der Waals surface area contributed by atoms with Gasteiger partial charge in [0.15, 0.2) is 0 Å². The fraction of sp³-hybridized carbons (Fsp3) is 0.375. The molecule has 122 valence electrons. The van der Waals surface area contributed by atoms with Gasteiger partial charge in [-0.1, -0.05) is 0 Å². The first-order valence-corrected chi connectivity index (χ1v) is 7.91. The van der Waals surface area contributed by atoms with E-state index in [1.54, 1.807) is 17.9 Å². The van der Waals surface area contributed by atoms with Crippen molar-refractivity contribution in [2.75, 3.05) is 19.6 Å². The summed E-state index contributed by atoms with van der Waals surface area (Å²) >= 11 is 5.69. The van der Waals surface area contributed by atoms with E-state index in [1.807, 2.05) is 29.8 Å². The van der Waals surface area contributed by atoms with Crippen LogP contribution in [0.5, 0.6) is 5.75 Å². The number of alkyl halides is 1. The summed E-state index contributed by atoms with van der Waals surface area (Å²) in [6.45, 7) is 2.65. The van der Waals surface area contributed by atoms with Crippen molar-refractivity contribution in [2.24, 2.45) is 4.99 Å². The van der Waals surface area contributed by atoms with Gasteiger partial charge >= 0.3 is 0 Å². The topological polar surface area (TPSA) is 57.8 Å². The number of aliphatic imine (C=N–C) groups is 1. The lowest BCUT2D eigenvalue weighted by Crippen LogP contribution is -2.26. The molecule has 23 heavy (non-hydrogen) atoms. The summed E-state index contributed by atoms with van der Waals surface area (Å²) < 4.78 is 14.5. The Morgan fingerprint density at radius 3 is 2.91 bits per heavy atom. The van der Waals surface area contributed by atoms with Gasteiger partial charge in [-0.2, -0.15) is 0 Å². The largest absolute Gasteiger partial charge is 0.497 e. The van der Waals surface area contributed by atoms with Crippen LogP contribution >= 0.6 is 11.6 Å². The molecule has 2 aromatic rings. The normalized spacial score (nSPS) is 12.9. The second kappa shape index (κ2) is 6.50. The van der Waals surface area contributed by atoms with Gasteiger partial charge in [-0.3, -0.25) is 9.48 Å². The minimum absolute atomic E-state index is 0.0835. The third-order valence-electron chi connectivity index (χ3n) is 3.65. The number of rotatable bonds is 4. The van der Waals surface area contributed by atoms with E-state index < -0.39 is 0 Å². The molecule has 0 unspecified atom stereocenters. The molecule has 0 N–H and O–H groups in total. The predicted octanol–water partition coefficient (Wildman–Crippen LogP) is 2.65. The number of ether oxygens (including phenoxy) is 2. The fourth-order valence-corrected chi connectivity index (χ4v) is 2.70. The molecular formula is C16H18ClN3O3. The molecule has 0 aliphatic carbocycles. The monoisotopic (exact) mass is 335 g/mol. The van der Waals surface area contributed by atoms with Crippen LogP contribution in [0.25, 0.3) is 5.69 Å². The van der Waals surface area contributed by atoms with E-state index in [0.29, 0.717) is 29.8 Å². The highest BCUT2D eigenvalue weighted by Gasteiger charge is 2.20. The van der Waals surface area contributed by atoms with Crippen molar-refractivity contribution in [3.05, 3.63) is 40.3 Å². The van der Waals surface area contributed by atoms with E-state index in [9.17, 15) is 4.79 Å². The number of halogens is 1. The molecule has 0 saturated carbocycles. The molecule has 1 aliphatic heterocycles. The van der Waals surface area contributed by atoms with Gasteiger partial charge in [-0.05, 0) is 25.5 Å². The van der Waals surface area contributed by atoms with Crippen LogP contribution in [-0.2, 0) is 11.3 Å². The highest BCUT2D eigenvalue weighted by atomic mass is 35.5. The van der Waals surface area contributed by atoms with Crippen molar-refractivity contribution < 1.29 is 9.47 Å². The quantitative estimate of drug-likeness (QED) is 0.637. The van der Waals surface area contributed by atoms with Crippen LogP contribution < -0.4 is 10.3 Å². The van der Waals surface area contributed by atoms with Crippen molar-refractivity contribution >= 4 is 23.2 Å². The summed E-state index contributed by atoms with van der Waals surface area (Å²) in [7, 11) is 1.61. The number of benzene rings is 1. The lowest BCUT2D eigenvalue weighted by Gasteiger charge is -2.12. The van der Waals surface area contributed by atoms with Crippen molar-refractivity contribution in [3.8, 4) is 11.4 Å². The Morgan fingerprint density at radius 2 is 2.17 bits per heavy atom. The average molecular weight is 336 g/mol. The maximum atomic E-state index is 12.2. The number of nitrogens with zero attached hydrogens (tertiary/aromatic N) is 3. The first-order valence-electron chi connectivity index (χ1n) is 7.38. The molecule has 0 spiro atoms. The first-order chi connectivity index (χ1) is 11.1. The molecule has 3 rings (SSSR count). The molecule has 7 heteroatoms. The molecule has 0 amide bonds. The van der Waals surface area contributed by atoms with E-state index in [-0.39, 0.29) is 12.1 Å². The highest BCUT2D eigenvalue weighted by molar-refractivity contribution is 6.17. The second-order valence-electron chi connectivity index (χ2n) is 5.24. The Bertz CT molecular complexity index is 807. The average Bonchev–Trinajstić information content (AvgIpc) is 2.72. The van der Waals surface area contributed by atoms with Crippen molar-refractivity contribution in [3.63, 3.8) is 0 Å². The maximum absolute atomic E-state index is 12.2. The Morgan fingerprint density at radius 1 is 1.35 bits per heavy atom. The summed E-state index contributed by atoms with van der Waals surface area (Å²) in [4.78, 5) is 16.8. The van der Waals surface area contributed by atoms with Crippen molar-refractivity contribution in [1.29, 1.82) is 0 Å². The SMILES string of the molecule is COc1ccc2c(c1)N=C(OCCCCl)Cn1c(=O)cc(C)n1-2. The van der Waals surface area contributed by atoms with Crippen LogP contribution in [0, 0.1) is 6.92 Å². The zero-order valence-electron chi connectivity index (χ0n) is 13.1. The zero-order chi connectivity index (χ0) is 16.4. The lowest BCUT2D eigenvalue weighted by atomic mass is 10.2. The molecule has 6 nitrogen and oxygen atoms in total. The number of methoxy groups -OCH3 is 1. The van der Waals surface area contributed by atoms with Crippen LogP contribution in [0.3, 0.4) is 0 Å². The summed E-state index contributed by atoms with van der Waals surface area (Å²) in [5.41, 5.74) is 2.29. The van der Waals surface area contributed by atoms with Gasteiger partial charge in [0.05, 0.1) is 25.1 Å². The molecule has 0 radical (unpaired) electrons. The second-order valence-corrected chi connectivity index (χ2v) is 5.62. The summed E-state index contributed by atoms with van der Waals surface area (Å²) in [5, 5.41) is 0. The maximum Gasteiger partial charge on any atom is 0.267 e. The van der Waals surface area contributed by atoms with Gasteiger partial charge in [-0.25, -0.2) is 9.67 Å². The Balaban J connectivity index is 2.12. The Hall–Kier alpha value is -2.21. The van der Waals surface area contributed by atoms with E-state index in [2.05, 4.69) is 4.99 Å². The van der Waals surface area contributed by atoms with E-state index in [0.717, 1.165) is 17.8 Å². The standard InChI is InChI=1S/C16H18ClN3O3/c1-11-8-16(21)19-10-15(23-7-3-6-17)18-13-9-12(22-2)4-5-14(13)20(11)19/h4-5,8-9H,3,6-7,10H2,1-2H3. The molecular weight excluding hydrogens is 318 g/mol. The number of hydrogen-bond donors (Lipinski definition) is 0. The van der Waals surface area contributed by atoms with Crippen molar-refractivity contribution in [2.45, 2.75) is 19.9 Å². The van der Waals surface area contributed by atoms with Crippen molar-refractivity contribution in [1.82, 2.24) is 9.36 Å². The minimum Gasteiger partial charge on any atom is -0.497 e. The van der Waals surface area contributed by atoms with Gasteiger partial charge in [0.2, 0.25) is 5.90 Å². The summed E-state index contributed by atoms with van der Waals surface area (Å²) in [6.07, 6.45) is 0.723. The number of aromatic nitrogens is 2. The lowest BCUT2D eigenvalue weighted by molar-refractivity contribution is 0.291. The van der Waals surface area contributed by atoms with Gasteiger partial charge in [0.1, 0.15) is 12.3 Å². The van der Waals surface area contributed by atoms with E-state index >= 15 is 0 Å². The molecule has 0 saturated heterocycles. The number of hydrogen-bond acceptors (Lipinski definition) is 4. The molecule has 2 heterocycles. The van der Waals surface area contributed by atoms with E-state index in [1.165, 1.54) is 0 Å². The van der Waals surface area contributed by atoms with Gasteiger partial charge in [0.25, 0.3) is 5.56 Å². The third-order valence-corrected chi connectivity index (χ3v) is 3.92. The van der Waals surface area contributed by atoms with Crippen LogP contribution in [0.2, 0.25) is 0 Å². The van der Waals surface area contributed by atoms with Gasteiger partial charge in [-0.15, -0.1) is 11.6 Å². The van der Waals surface area contributed by atoms with E-state index in [4.69, 9.17) is 21.1 Å². The van der Waals surface area contributed by atoms with Crippen LogP contribution in [0.4, 0.5) is 5.69 Å². The first kappa shape index (κ1) is 15.7. The fourth-order valence-electron chi connectivity index (χ4n) is 2.59. The minimum atomic E-state index is -0.0835. The predicted molar refractivity (Wildman–Crippen MR) is 89.7 cm³/mol. The van der Waals surface area contributed by atoms with Gasteiger partial charge in [0, 0.05) is 23.7 Å². The molecule has 0 atom stereocenters. The molecule has 1 aromatic heterocycles. The van der Waals surface area contributed by atoms with Gasteiger partial charge < -0.3 is 9.47 Å². The zero-order valence-corrected chi connectivity index (χ0v) is 13.8. The van der Waals surface area contributed by atoms with Crippen LogP contribution in [0.1, 0.15) is 12.1 Å². The molecule has 0 bridgehead atoms. The number of fused-ring (bicyclic) bond motifs is 3. The number of aryl methyl sites for hydroxylation is 1. The third kappa shape index (κ3) is 2.99. The molecule has 1 aliphatic rings. The van der Waals surface area contributed by atoms with Crippen LogP contribution in [0.15, 0.2) is 34.1 Å². The highest BCUT2D eigenvalue weighted by Crippen LogP contribution is 2.31. The summed E-state index contributed by atoms with van der Waals surface area (Å²) in [5.74, 6) is 1.71. The smallest absolute Gasteiger partial charge is 0.267 e. The molecule has 0 fully saturated rings. The Labute approximate surface area is 138 Å². The summed E-state index contributed by atoms with van der Waals surface area (Å²) in [6, 6.07) is 7.18.